The molecule has 1 saturated heterocycles. The highest BCUT2D eigenvalue weighted by Gasteiger charge is 2.19. The molecule has 24 heavy (non-hydrogen) atoms. The van der Waals surface area contributed by atoms with Gasteiger partial charge in [-0.3, -0.25) is 0 Å². The van der Waals surface area contributed by atoms with Crippen molar-refractivity contribution in [2.24, 2.45) is 0 Å². The summed E-state index contributed by atoms with van der Waals surface area (Å²) in [5.74, 6) is -0.224. The first-order chi connectivity index (χ1) is 11.7. The lowest BCUT2D eigenvalue weighted by atomic mass is 10.1. The Balaban J connectivity index is 1.54. The van der Waals surface area contributed by atoms with Crippen molar-refractivity contribution in [3.63, 3.8) is 0 Å². The van der Waals surface area contributed by atoms with Gasteiger partial charge in [0.15, 0.2) is 0 Å². The van der Waals surface area contributed by atoms with E-state index in [0.29, 0.717) is 6.10 Å². The Hall–Kier alpha value is -1.13. The molecule has 4 heteroatoms. The summed E-state index contributed by atoms with van der Waals surface area (Å²) in [6, 6.07) is 7.74. The number of hydrogen-bond acceptors (Lipinski definition) is 3. The third-order valence-corrected chi connectivity index (χ3v) is 4.91. The molecule has 0 amide bonds. The molecule has 0 aromatic heterocycles. The van der Waals surface area contributed by atoms with Crippen LogP contribution in [-0.4, -0.2) is 50.3 Å². The van der Waals surface area contributed by atoms with Crippen LogP contribution in [0.15, 0.2) is 18.2 Å². The number of halogens is 1. The molecular formula is C20H32FN2O. The highest BCUT2D eigenvalue weighted by Crippen LogP contribution is 2.21. The van der Waals surface area contributed by atoms with Crippen LogP contribution in [0.4, 0.5) is 10.1 Å². The molecule has 0 N–H and O–H groups in total. The predicted molar refractivity (Wildman–Crippen MR) is 98.1 cm³/mol. The first kappa shape index (κ1) is 19.2. The lowest BCUT2D eigenvalue weighted by molar-refractivity contribution is 0.0345. The van der Waals surface area contributed by atoms with Gasteiger partial charge in [-0.05, 0) is 69.9 Å². The highest BCUT2D eigenvalue weighted by atomic mass is 19.1. The molecule has 1 aliphatic rings. The summed E-state index contributed by atoms with van der Waals surface area (Å²) in [5, 5.41) is 0. The number of benzene rings is 1. The van der Waals surface area contributed by atoms with Crippen molar-refractivity contribution in [3.8, 4) is 0 Å². The minimum Gasteiger partial charge on any atom is -0.378 e. The van der Waals surface area contributed by atoms with Gasteiger partial charge in [0.2, 0.25) is 0 Å². The average molecular weight is 335 g/mol. The third kappa shape index (κ3) is 6.40. The minimum atomic E-state index is -0.224. The Morgan fingerprint density at radius 2 is 1.92 bits per heavy atom. The molecule has 1 fully saturated rings. The second-order valence-corrected chi connectivity index (χ2v) is 6.54. The van der Waals surface area contributed by atoms with E-state index in [0.717, 1.165) is 57.7 Å². The summed E-state index contributed by atoms with van der Waals surface area (Å²) < 4.78 is 19.0. The molecule has 0 atom stereocenters. The fourth-order valence-electron chi connectivity index (χ4n) is 3.26. The predicted octanol–water partition coefficient (Wildman–Crippen LogP) is 4.12. The maximum Gasteiger partial charge on any atom is 0.123 e. The van der Waals surface area contributed by atoms with E-state index < -0.39 is 0 Å². The zero-order valence-electron chi connectivity index (χ0n) is 15.3. The highest BCUT2D eigenvalue weighted by molar-refractivity contribution is 5.45. The molecule has 1 aromatic rings. The van der Waals surface area contributed by atoms with Crippen molar-refractivity contribution in [1.29, 1.82) is 0 Å². The molecule has 1 aromatic carbocycles. The van der Waals surface area contributed by atoms with E-state index in [2.05, 4.69) is 29.7 Å². The summed E-state index contributed by atoms with van der Waals surface area (Å²) in [6.07, 6.45) is 6.15. The van der Waals surface area contributed by atoms with Gasteiger partial charge in [-0.1, -0.05) is 13.8 Å². The van der Waals surface area contributed by atoms with Gasteiger partial charge in [0.1, 0.15) is 5.82 Å². The van der Waals surface area contributed by atoms with Crippen LogP contribution in [0.5, 0.6) is 0 Å². The van der Waals surface area contributed by atoms with Gasteiger partial charge in [-0.15, -0.1) is 0 Å². The molecule has 3 nitrogen and oxygen atoms in total. The Bertz CT molecular complexity index is 439. The number of unbranched alkanes of at least 4 members (excludes halogenated alkanes) is 2. The normalized spacial score (nSPS) is 16.1. The van der Waals surface area contributed by atoms with E-state index in [4.69, 9.17) is 4.74 Å². The molecule has 0 saturated carbocycles. The maximum absolute atomic E-state index is 13.0. The Kier molecular flexibility index (Phi) is 8.54. The van der Waals surface area contributed by atoms with Crippen molar-refractivity contribution in [1.82, 2.24) is 4.90 Å². The standard InChI is InChI=1S/C20H32FN2O/c1-3-22(4-2)14-6-5-7-17-24-20-12-15-23(16-13-20)19-10-8-18(21)9-11-19/h8-10,20H,3-7,12-17H2,1-2H3. The smallest absolute Gasteiger partial charge is 0.123 e. The molecule has 2 rings (SSSR count). The molecule has 1 radical (unpaired) electrons. The van der Waals surface area contributed by atoms with Gasteiger partial charge in [0, 0.05) is 31.5 Å². The van der Waals surface area contributed by atoms with Crippen molar-refractivity contribution in [2.45, 2.75) is 52.1 Å². The number of ether oxygens (including phenoxy) is 1. The van der Waals surface area contributed by atoms with Crippen LogP contribution in [-0.2, 0) is 4.74 Å². The minimum absolute atomic E-state index is 0.224. The number of anilines is 1. The largest absolute Gasteiger partial charge is 0.378 e. The maximum atomic E-state index is 13.0. The fraction of sp³-hybridized carbons (Fsp3) is 0.700. The molecule has 135 valence electrons. The van der Waals surface area contributed by atoms with E-state index in [1.165, 1.54) is 31.5 Å². The molecule has 1 aliphatic heterocycles. The topological polar surface area (TPSA) is 15.7 Å². The van der Waals surface area contributed by atoms with Gasteiger partial charge < -0.3 is 14.5 Å². The first-order valence-corrected chi connectivity index (χ1v) is 9.49. The molecule has 0 spiro atoms. The van der Waals surface area contributed by atoms with E-state index in [1.807, 2.05) is 6.07 Å². The van der Waals surface area contributed by atoms with Crippen LogP contribution in [0.2, 0.25) is 0 Å². The van der Waals surface area contributed by atoms with Crippen LogP contribution in [0.1, 0.15) is 46.0 Å². The van der Waals surface area contributed by atoms with Crippen LogP contribution in [0, 0.1) is 11.9 Å². The monoisotopic (exact) mass is 335 g/mol. The summed E-state index contributed by atoms with van der Waals surface area (Å²) in [5.41, 5.74) is 0.992. The van der Waals surface area contributed by atoms with E-state index in [9.17, 15) is 4.39 Å². The second kappa shape index (κ2) is 10.7. The summed E-state index contributed by atoms with van der Waals surface area (Å²) in [4.78, 5) is 4.74. The summed E-state index contributed by atoms with van der Waals surface area (Å²) in [6.45, 7) is 10.8. The average Bonchev–Trinajstić information content (AvgIpc) is 2.62. The first-order valence-electron chi connectivity index (χ1n) is 9.49. The van der Waals surface area contributed by atoms with E-state index in [-0.39, 0.29) is 5.82 Å². The summed E-state index contributed by atoms with van der Waals surface area (Å²) in [7, 11) is 0. The zero-order valence-corrected chi connectivity index (χ0v) is 15.3. The molecular weight excluding hydrogens is 303 g/mol. The Labute approximate surface area is 146 Å². The van der Waals surface area contributed by atoms with Crippen LogP contribution < -0.4 is 4.90 Å². The fourth-order valence-corrected chi connectivity index (χ4v) is 3.26. The van der Waals surface area contributed by atoms with Crippen LogP contribution in [0.3, 0.4) is 0 Å². The number of rotatable bonds is 10. The quantitative estimate of drug-likeness (QED) is 0.598. The van der Waals surface area contributed by atoms with Gasteiger partial charge >= 0.3 is 0 Å². The van der Waals surface area contributed by atoms with Crippen molar-refractivity contribution in [2.75, 3.05) is 44.2 Å². The Morgan fingerprint density at radius 3 is 2.54 bits per heavy atom. The SMILES string of the molecule is CCN(CC)CCCCCOC1CCN(c2[c]cc(F)cc2)CC1. The van der Waals surface area contributed by atoms with Crippen molar-refractivity contribution < 1.29 is 9.13 Å². The lowest BCUT2D eigenvalue weighted by Gasteiger charge is -2.33. The van der Waals surface area contributed by atoms with Gasteiger partial charge in [-0.2, -0.15) is 0 Å². The summed E-state index contributed by atoms with van der Waals surface area (Å²) >= 11 is 0. The van der Waals surface area contributed by atoms with Gasteiger partial charge in [0.05, 0.1) is 6.10 Å². The molecule has 0 unspecified atom stereocenters. The van der Waals surface area contributed by atoms with E-state index >= 15 is 0 Å². The van der Waals surface area contributed by atoms with Crippen LogP contribution in [0.25, 0.3) is 0 Å². The molecule has 0 bridgehead atoms. The van der Waals surface area contributed by atoms with Gasteiger partial charge in [-0.25, -0.2) is 4.39 Å². The molecule has 1 heterocycles. The number of hydrogen-bond donors (Lipinski definition) is 0. The van der Waals surface area contributed by atoms with Crippen molar-refractivity contribution >= 4 is 5.69 Å². The Morgan fingerprint density at radius 1 is 1.17 bits per heavy atom. The van der Waals surface area contributed by atoms with Gasteiger partial charge in [0.25, 0.3) is 0 Å². The zero-order chi connectivity index (χ0) is 17.2. The van der Waals surface area contributed by atoms with E-state index in [1.54, 1.807) is 0 Å². The third-order valence-electron chi connectivity index (χ3n) is 4.91. The number of nitrogens with zero attached hydrogens (tertiary/aromatic N) is 2. The van der Waals surface area contributed by atoms with Crippen molar-refractivity contribution in [3.05, 3.63) is 30.1 Å². The lowest BCUT2D eigenvalue weighted by Crippen LogP contribution is -2.37. The second-order valence-electron chi connectivity index (χ2n) is 6.54. The molecule has 0 aliphatic carbocycles. The number of piperidine rings is 1. The van der Waals surface area contributed by atoms with Crippen LogP contribution >= 0.6 is 0 Å².